The lowest BCUT2D eigenvalue weighted by molar-refractivity contribution is -0.387. The van der Waals surface area contributed by atoms with E-state index >= 15 is 0 Å². The standard InChI is InChI=1S/C13H10BrFN2O3S/c14-10-6-9(16)4-5-12(10)21(20)7-8-2-1-3-11(13(8)15)17(18)19/h1-6H,7,16H2. The van der Waals surface area contributed by atoms with Crippen LogP contribution >= 0.6 is 15.9 Å². The molecular formula is C13H10BrFN2O3S. The summed E-state index contributed by atoms with van der Waals surface area (Å²) in [5.74, 6) is -1.11. The Morgan fingerprint density at radius 2 is 2.05 bits per heavy atom. The van der Waals surface area contributed by atoms with Crippen molar-refractivity contribution in [3.8, 4) is 0 Å². The van der Waals surface area contributed by atoms with Crippen molar-refractivity contribution in [1.82, 2.24) is 0 Å². The van der Waals surface area contributed by atoms with E-state index in [0.29, 0.717) is 15.1 Å². The number of nitrogens with zero attached hydrogens (tertiary/aromatic N) is 1. The molecule has 2 aromatic carbocycles. The van der Waals surface area contributed by atoms with Crippen LogP contribution < -0.4 is 5.73 Å². The van der Waals surface area contributed by atoms with Gasteiger partial charge >= 0.3 is 5.69 Å². The molecule has 2 N–H and O–H groups in total. The van der Waals surface area contributed by atoms with Gasteiger partial charge in [-0.25, -0.2) is 0 Å². The zero-order valence-corrected chi connectivity index (χ0v) is 13.0. The second-order valence-corrected chi connectivity index (χ2v) is 6.46. The SMILES string of the molecule is Nc1ccc(S(=O)Cc2cccc([N+](=O)[O-])c2F)c(Br)c1. The van der Waals surface area contributed by atoms with Crippen LogP contribution in [-0.2, 0) is 16.6 Å². The highest BCUT2D eigenvalue weighted by atomic mass is 79.9. The molecule has 2 aromatic rings. The summed E-state index contributed by atoms with van der Waals surface area (Å²) in [6.07, 6.45) is 0. The molecule has 0 heterocycles. The first-order valence-electron chi connectivity index (χ1n) is 5.75. The third-order valence-electron chi connectivity index (χ3n) is 2.74. The first-order valence-corrected chi connectivity index (χ1v) is 7.86. The maximum atomic E-state index is 14.0. The predicted octanol–water partition coefficient (Wildman–Crippen LogP) is 3.39. The minimum Gasteiger partial charge on any atom is -0.399 e. The lowest BCUT2D eigenvalue weighted by Gasteiger charge is -2.07. The maximum Gasteiger partial charge on any atom is 0.305 e. The van der Waals surface area contributed by atoms with Crippen molar-refractivity contribution < 1.29 is 13.5 Å². The Bertz CT molecular complexity index is 739. The molecule has 1 atom stereocenters. The van der Waals surface area contributed by atoms with Crippen LogP contribution in [-0.4, -0.2) is 9.13 Å². The van der Waals surface area contributed by atoms with Gasteiger partial charge in [0.25, 0.3) is 0 Å². The molecule has 0 saturated heterocycles. The smallest absolute Gasteiger partial charge is 0.305 e. The van der Waals surface area contributed by atoms with Crippen molar-refractivity contribution in [3.05, 3.63) is 62.4 Å². The first kappa shape index (κ1) is 15.6. The third-order valence-corrected chi connectivity index (χ3v) is 5.08. The molecule has 0 aromatic heterocycles. The molecule has 21 heavy (non-hydrogen) atoms. The number of hydrogen-bond acceptors (Lipinski definition) is 4. The Hall–Kier alpha value is -1.80. The van der Waals surface area contributed by atoms with Crippen LogP contribution in [0, 0.1) is 15.9 Å². The monoisotopic (exact) mass is 372 g/mol. The fourth-order valence-electron chi connectivity index (χ4n) is 1.74. The second kappa shape index (κ2) is 6.31. The van der Waals surface area contributed by atoms with Gasteiger partial charge in [-0.15, -0.1) is 0 Å². The number of hydrogen-bond donors (Lipinski definition) is 1. The molecule has 0 aliphatic heterocycles. The Labute approximate surface area is 130 Å². The Morgan fingerprint density at radius 3 is 2.67 bits per heavy atom. The summed E-state index contributed by atoms with van der Waals surface area (Å²) in [5.41, 5.74) is 5.51. The average Bonchev–Trinajstić information content (AvgIpc) is 2.40. The quantitative estimate of drug-likeness (QED) is 0.506. The Balaban J connectivity index is 2.32. The lowest BCUT2D eigenvalue weighted by atomic mass is 10.2. The van der Waals surface area contributed by atoms with Crippen LogP contribution in [0.25, 0.3) is 0 Å². The minimum atomic E-state index is -1.55. The highest BCUT2D eigenvalue weighted by Gasteiger charge is 2.19. The van der Waals surface area contributed by atoms with Crippen molar-refractivity contribution in [2.75, 3.05) is 5.73 Å². The molecule has 0 fully saturated rings. The molecule has 0 aliphatic rings. The number of rotatable bonds is 4. The third kappa shape index (κ3) is 3.45. The van der Waals surface area contributed by atoms with Gasteiger partial charge in [0.1, 0.15) is 0 Å². The summed E-state index contributed by atoms with van der Waals surface area (Å²) < 4.78 is 26.8. The fraction of sp³-hybridized carbons (Fsp3) is 0.0769. The van der Waals surface area contributed by atoms with Gasteiger partial charge in [-0.2, -0.15) is 4.39 Å². The van der Waals surface area contributed by atoms with Gasteiger partial charge in [0.15, 0.2) is 0 Å². The van der Waals surface area contributed by atoms with Crippen LogP contribution in [0.2, 0.25) is 0 Å². The van der Waals surface area contributed by atoms with Crippen LogP contribution in [0.15, 0.2) is 45.8 Å². The zero-order chi connectivity index (χ0) is 15.6. The van der Waals surface area contributed by atoms with Crippen LogP contribution in [0.3, 0.4) is 0 Å². The van der Waals surface area contributed by atoms with Gasteiger partial charge < -0.3 is 5.73 Å². The summed E-state index contributed by atoms with van der Waals surface area (Å²) in [6, 6.07) is 8.57. The second-order valence-electron chi connectivity index (χ2n) is 4.19. The van der Waals surface area contributed by atoms with E-state index in [4.69, 9.17) is 5.73 Å². The molecule has 0 aliphatic carbocycles. The number of benzene rings is 2. The zero-order valence-electron chi connectivity index (χ0n) is 10.6. The van der Waals surface area contributed by atoms with E-state index in [-0.39, 0.29) is 11.3 Å². The van der Waals surface area contributed by atoms with Crippen LogP contribution in [0.5, 0.6) is 0 Å². The van der Waals surface area contributed by atoms with Crippen molar-refractivity contribution in [3.63, 3.8) is 0 Å². The lowest BCUT2D eigenvalue weighted by Crippen LogP contribution is -2.03. The predicted molar refractivity (Wildman–Crippen MR) is 81.7 cm³/mol. The Morgan fingerprint density at radius 1 is 1.33 bits per heavy atom. The summed E-state index contributed by atoms with van der Waals surface area (Å²) in [4.78, 5) is 10.3. The number of nitrogen functional groups attached to an aromatic ring is 1. The van der Waals surface area contributed by atoms with E-state index in [0.717, 1.165) is 6.07 Å². The molecule has 0 radical (unpaired) electrons. The van der Waals surface area contributed by atoms with Crippen molar-refractivity contribution in [1.29, 1.82) is 0 Å². The fourth-order valence-corrected chi connectivity index (χ4v) is 3.83. The molecule has 0 bridgehead atoms. The average molecular weight is 373 g/mol. The molecule has 0 spiro atoms. The highest BCUT2D eigenvalue weighted by molar-refractivity contribution is 9.10. The molecule has 110 valence electrons. The summed E-state index contributed by atoms with van der Waals surface area (Å²) in [7, 11) is -1.55. The molecule has 0 amide bonds. The summed E-state index contributed by atoms with van der Waals surface area (Å²) in [5, 5.41) is 10.7. The van der Waals surface area contributed by atoms with E-state index in [1.807, 2.05) is 0 Å². The normalized spacial score (nSPS) is 12.1. The van der Waals surface area contributed by atoms with Crippen LogP contribution in [0.1, 0.15) is 5.56 Å². The number of nitro benzene ring substituents is 1. The van der Waals surface area contributed by atoms with E-state index in [1.54, 1.807) is 18.2 Å². The van der Waals surface area contributed by atoms with E-state index < -0.39 is 27.2 Å². The molecule has 1 unspecified atom stereocenters. The Kier molecular flexibility index (Phi) is 4.69. The molecule has 0 saturated carbocycles. The topological polar surface area (TPSA) is 86.2 Å². The number of nitro groups is 1. The van der Waals surface area contributed by atoms with E-state index in [2.05, 4.69) is 15.9 Å². The number of anilines is 1. The largest absolute Gasteiger partial charge is 0.399 e. The summed E-state index contributed by atoms with van der Waals surface area (Å²) in [6.45, 7) is 0. The maximum absolute atomic E-state index is 14.0. The molecule has 8 heteroatoms. The highest BCUT2D eigenvalue weighted by Crippen LogP contribution is 2.27. The van der Waals surface area contributed by atoms with Gasteiger partial charge in [-0.3, -0.25) is 14.3 Å². The number of halogens is 2. The summed E-state index contributed by atoms with van der Waals surface area (Å²) >= 11 is 3.24. The van der Waals surface area contributed by atoms with Crippen LogP contribution in [0.4, 0.5) is 15.8 Å². The minimum absolute atomic E-state index is 0.0336. The van der Waals surface area contributed by atoms with Gasteiger partial charge in [-0.05, 0) is 34.1 Å². The number of nitrogens with two attached hydrogens (primary N) is 1. The molecule has 5 nitrogen and oxygen atoms in total. The van der Waals surface area contributed by atoms with Crippen molar-refractivity contribution >= 4 is 38.1 Å². The van der Waals surface area contributed by atoms with Gasteiger partial charge in [0, 0.05) is 21.8 Å². The molecular weight excluding hydrogens is 363 g/mol. The van der Waals surface area contributed by atoms with Gasteiger partial charge in [0.05, 0.1) is 26.4 Å². The van der Waals surface area contributed by atoms with E-state index in [9.17, 15) is 18.7 Å². The van der Waals surface area contributed by atoms with E-state index in [1.165, 1.54) is 12.1 Å². The first-order chi connectivity index (χ1) is 9.90. The molecule has 2 rings (SSSR count). The van der Waals surface area contributed by atoms with Crippen molar-refractivity contribution in [2.24, 2.45) is 0 Å². The van der Waals surface area contributed by atoms with Gasteiger partial charge in [0.2, 0.25) is 5.82 Å². The van der Waals surface area contributed by atoms with Crippen molar-refractivity contribution in [2.45, 2.75) is 10.6 Å². The van der Waals surface area contributed by atoms with Gasteiger partial charge in [-0.1, -0.05) is 12.1 Å².